The van der Waals surface area contributed by atoms with E-state index in [1.165, 1.54) is 12.1 Å². The van der Waals surface area contributed by atoms with Crippen LogP contribution in [0.1, 0.15) is 45.2 Å². The number of carbonyl (C=O) groups is 1. The van der Waals surface area contributed by atoms with Crippen LogP contribution < -0.4 is 5.56 Å². The number of ether oxygens (including phenoxy) is 1. The highest BCUT2D eigenvalue weighted by Crippen LogP contribution is 2.30. The second-order valence-electron chi connectivity index (χ2n) is 8.63. The summed E-state index contributed by atoms with van der Waals surface area (Å²) >= 11 is 0. The lowest BCUT2D eigenvalue weighted by atomic mass is 9.93. The summed E-state index contributed by atoms with van der Waals surface area (Å²) < 4.78 is 20.5. The summed E-state index contributed by atoms with van der Waals surface area (Å²) in [6.07, 6.45) is 2.79. The molecule has 8 heteroatoms. The molecule has 1 aromatic carbocycles. The quantitative estimate of drug-likeness (QED) is 0.691. The Morgan fingerprint density at radius 1 is 1.20 bits per heavy atom. The summed E-state index contributed by atoms with van der Waals surface area (Å²) in [6, 6.07) is 7.66. The highest BCUT2D eigenvalue weighted by molar-refractivity contribution is 5.77. The Bertz CT molecular complexity index is 1120. The number of rotatable bonds is 2. The fourth-order valence-electron chi connectivity index (χ4n) is 3.83. The van der Waals surface area contributed by atoms with Crippen molar-refractivity contribution < 1.29 is 13.9 Å². The zero-order valence-corrected chi connectivity index (χ0v) is 17.3. The van der Waals surface area contributed by atoms with Crippen LogP contribution in [0.3, 0.4) is 0 Å². The van der Waals surface area contributed by atoms with Crippen molar-refractivity contribution in [2.45, 2.75) is 45.1 Å². The number of hydrogen-bond donors (Lipinski definition) is 1. The number of H-pyrrole nitrogens is 1. The number of piperidine rings is 1. The monoisotopic (exact) mass is 412 g/mol. The number of carbonyl (C=O) groups excluding carboxylic acids is 1. The second kappa shape index (κ2) is 7.59. The standard InChI is InChI=1S/C22H25FN4O3/c1-22(2,3)30-21(29)26-10-8-15(9-11-26)18-12-19(28)25-20-17(13-24-27(18)20)14-4-6-16(23)7-5-14/h4-7,12-13,15H,8-11H2,1-3H3,(H,25,28). The molecule has 0 spiro atoms. The molecule has 1 aliphatic rings. The molecule has 1 aliphatic heterocycles. The van der Waals surface area contributed by atoms with Gasteiger partial charge in [0.25, 0.3) is 5.56 Å². The molecule has 0 bridgehead atoms. The largest absolute Gasteiger partial charge is 0.444 e. The van der Waals surface area contributed by atoms with Crippen LogP contribution in [0.25, 0.3) is 16.8 Å². The van der Waals surface area contributed by atoms with E-state index in [0.29, 0.717) is 31.6 Å². The summed E-state index contributed by atoms with van der Waals surface area (Å²) in [5, 5.41) is 4.48. The van der Waals surface area contributed by atoms with Gasteiger partial charge in [0.05, 0.1) is 11.9 Å². The number of nitrogens with zero attached hydrogens (tertiary/aromatic N) is 3. The fraction of sp³-hybridized carbons (Fsp3) is 0.409. The van der Waals surface area contributed by atoms with E-state index in [0.717, 1.165) is 16.8 Å². The molecule has 1 amide bonds. The van der Waals surface area contributed by atoms with E-state index in [9.17, 15) is 14.0 Å². The summed E-state index contributed by atoms with van der Waals surface area (Å²) in [7, 11) is 0. The van der Waals surface area contributed by atoms with Crippen LogP contribution in [-0.4, -0.2) is 44.3 Å². The molecule has 0 aliphatic carbocycles. The number of halogens is 1. The van der Waals surface area contributed by atoms with E-state index in [1.54, 1.807) is 33.8 Å². The van der Waals surface area contributed by atoms with Crippen LogP contribution in [0, 0.1) is 5.82 Å². The normalized spacial score (nSPS) is 15.5. The molecule has 0 saturated carbocycles. The molecule has 1 N–H and O–H groups in total. The SMILES string of the molecule is CC(C)(C)OC(=O)N1CCC(c2cc(=O)[nH]c3c(-c4ccc(F)cc4)cnn23)CC1. The van der Waals surface area contributed by atoms with Crippen molar-refractivity contribution in [1.29, 1.82) is 0 Å². The van der Waals surface area contributed by atoms with Crippen molar-refractivity contribution >= 4 is 11.7 Å². The minimum absolute atomic E-state index is 0.0921. The van der Waals surface area contributed by atoms with Gasteiger partial charge in [-0.2, -0.15) is 5.10 Å². The van der Waals surface area contributed by atoms with E-state index in [4.69, 9.17) is 4.74 Å². The number of fused-ring (bicyclic) bond motifs is 1. The van der Waals surface area contributed by atoms with Gasteiger partial charge >= 0.3 is 6.09 Å². The minimum atomic E-state index is -0.529. The van der Waals surface area contributed by atoms with Crippen molar-refractivity contribution in [3.63, 3.8) is 0 Å². The molecule has 2 aromatic heterocycles. The van der Waals surface area contributed by atoms with Gasteiger partial charge in [-0.15, -0.1) is 0 Å². The lowest BCUT2D eigenvalue weighted by Gasteiger charge is -2.33. The number of benzene rings is 1. The second-order valence-corrected chi connectivity index (χ2v) is 8.63. The average molecular weight is 412 g/mol. The third-order valence-corrected chi connectivity index (χ3v) is 5.25. The lowest BCUT2D eigenvalue weighted by Crippen LogP contribution is -2.41. The van der Waals surface area contributed by atoms with Crippen molar-refractivity contribution in [3.8, 4) is 11.1 Å². The molecule has 1 fully saturated rings. The number of aromatic nitrogens is 3. The number of nitrogens with one attached hydrogen (secondary N) is 1. The maximum Gasteiger partial charge on any atom is 0.410 e. The Hall–Kier alpha value is -3.16. The predicted molar refractivity (Wildman–Crippen MR) is 111 cm³/mol. The van der Waals surface area contributed by atoms with Crippen LogP contribution in [0.4, 0.5) is 9.18 Å². The van der Waals surface area contributed by atoms with Gasteiger partial charge in [-0.05, 0) is 51.3 Å². The molecule has 3 aromatic rings. The Morgan fingerprint density at radius 2 is 1.87 bits per heavy atom. The minimum Gasteiger partial charge on any atom is -0.444 e. The van der Waals surface area contributed by atoms with Gasteiger partial charge in [0, 0.05) is 30.6 Å². The third kappa shape index (κ3) is 4.08. The molecule has 1 saturated heterocycles. The maximum absolute atomic E-state index is 13.3. The Morgan fingerprint density at radius 3 is 2.50 bits per heavy atom. The number of likely N-dealkylation sites (tertiary alicyclic amines) is 1. The third-order valence-electron chi connectivity index (χ3n) is 5.25. The van der Waals surface area contributed by atoms with Gasteiger partial charge in [0.1, 0.15) is 17.1 Å². The van der Waals surface area contributed by atoms with Gasteiger partial charge < -0.3 is 14.6 Å². The first-order chi connectivity index (χ1) is 14.2. The molecule has 3 heterocycles. The van der Waals surface area contributed by atoms with Crippen LogP contribution in [0.2, 0.25) is 0 Å². The summed E-state index contributed by atoms with van der Waals surface area (Å²) in [5.41, 5.74) is 2.16. The average Bonchev–Trinajstić information content (AvgIpc) is 3.10. The van der Waals surface area contributed by atoms with E-state index in [-0.39, 0.29) is 23.4 Å². The van der Waals surface area contributed by atoms with E-state index in [1.807, 2.05) is 20.8 Å². The van der Waals surface area contributed by atoms with E-state index < -0.39 is 5.60 Å². The smallest absolute Gasteiger partial charge is 0.410 e. The topological polar surface area (TPSA) is 79.7 Å². The first-order valence-electron chi connectivity index (χ1n) is 10.1. The molecule has 4 rings (SSSR count). The highest BCUT2D eigenvalue weighted by Gasteiger charge is 2.29. The molecule has 158 valence electrons. The maximum atomic E-state index is 13.3. The zero-order valence-electron chi connectivity index (χ0n) is 17.3. The zero-order chi connectivity index (χ0) is 21.5. The van der Waals surface area contributed by atoms with Gasteiger partial charge in [-0.3, -0.25) is 4.79 Å². The van der Waals surface area contributed by atoms with Crippen LogP contribution in [0.5, 0.6) is 0 Å². The van der Waals surface area contributed by atoms with E-state index >= 15 is 0 Å². The molecule has 0 unspecified atom stereocenters. The van der Waals surface area contributed by atoms with Crippen molar-refractivity contribution in [2.24, 2.45) is 0 Å². The summed E-state index contributed by atoms with van der Waals surface area (Å²) in [6.45, 7) is 6.66. The Balaban J connectivity index is 1.59. The summed E-state index contributed by atoms with van der Waals surface area (Å²) in [4.78, 5) is 29.2. The van der Waals surface area contributed by atoms with Crippen molar-refractivity contribution in [2.75, 3.05) is 13.1 Å². The van der Waals surface area contributed by atoms with Crippen LogP contribution in [-0.2, 0) is 4.74 Å². The number of hydrogen-bond acceptors (Lipinski definition) is 4. The molecular weight excluding hydrogens is 387 g/mol. The van der Waals surface area contributed by atoms with Crippen molar-refractivity contribution in [3.05, 3.63) is 58.4 Å². The van der Waals surface area contributed by atoms with Crippen LogP contribution in [0.15, 0.2) is 41.3 Å². The van der Waals surface area contributed by atoms with Gasteiger partial charge in [0.15, 0.2) is 0 Å². The van der Waals surface area contributed by atoms with Crippen molar-refractivity contribution in [1.82, 2.24) is 19.5 Å². The lowest BCUT2D eigenvalue weighted by molar-refractivity contribution is 0.0203. The predicted octanol–water partition coefficient (Wildman–Crippen LogP) is 3.94. The molecular formula is C22H25FN4O3. The highest BCUT2D eigenvalue weighted by atomic mass is 19.1. The molecule has 0 radical (unpaired) electrons. The first kappa shape index (κ1) is 20.1. The molecule has 0 atom stereocenters. The number of amides is 1. The van der Waals surface area contributed by atoms with Gasteiger partial charge in [-0.25, -0.2) is 13.7 Å². The molecule has 30 heavy (non-hydrogen) atoms. The Labute approximate surface area is 173 Å². The summed E-state index contributed by atoms with van der Waals surface area (Å²) in [5.74, 6) is -0.226. The van der Waals surface area contributed by atoms with Gasteiger partial charge in [-0.1, -0.05) is 12.1 Å². The number of aromatic amines is 1. The Kier molecular flexibility index (Phi) is 5.09. The fourth-order valence-corrected chi connectivity index (χ4v) is 3.83. The first-order valence-corrected chi connectivity index (χ1v) is 10.1. The molecule has 7 nitrogen and oxygen atoms in total. The van der Waals surface area contributed by atoms with Crippen LogP contribution >= 0.6 is 0 Å². The van der Waals surface area contributed by atoms with E-state index in [2.05, 4.69) is 10.1 Å². The van der Waals surface area contributed by atoms with Gasteiger partial charge in [0.2, 0.25) is 0 Å².